The molecule has 3 aromatic rings. The summed E-state index contributed by atoms with van der Waals surface area (Å²) in [6.45, 7) is 22.1. The average molecular weight is 518 g/mol. The van der Waals surface area contributed by atoms with E-state index in [1.165, 1.54) is 27.6 Å². The van der Waals surface area contributed by atoms with Gasteiger partial charge in [-0.2, -0.15) is 0 Å². The van der Waals surface area contributed by atoms with Crippen LogP contribution in [0.1, 0.15) is 95.2 Å². The van der Waals surface area contributed by atoms with Crippen LogP contribution < -0.4 is 5.30 Å². The summed E-state index contributed by atoms with van der Waals surface area (Å²) in [6.07, 6.45) is 0.962. The molecule has 2 nitrogen and oxygen atoms in total. The molecule has 0 radical (unpaired) electrons. The van der Waals surface area contributed by atoms with Crippen LogP contribution in [0.25, 0.3) is 0 Å². The number of rotatable bonds is 8. The molecule has 0 bridgehead atoms. The van der Waals surface area contributed by atoms with Gasteiger partial charge in [0.25, 0.3) is 0 Å². The van der Waals surface area contributed by atoms with Crippen LogP contribution in [-0.2, 0) is 29.1 Å². The molecule has 0 saturated carbocycles. The molecule has 0 fully saturated rings. The minimum absolute atomic E-state index is 0.00812. The monoisotopic (exact) mass is 517 g/mol. The second-order valence-electron chi connectivity index (χ2n) is 13.0. The maximum Gasteiger partial charge on any atom is 0.123 e. The summed E-state index contributed by atoms with van der Waals surface area (Å²) in [7, 11) is 2.76. The molecule has 0 amide bonds. The van der Waals surface area contributed by atoms with E-state index in [1.807, 2.05) is 0 Å². The predicted molar refractivity (Wildman–Crippen MR) is 164 cm³/mol. The van der Waals surface area contributed by atoms with Crippen molar-refractivity contribution in [2.45, 2.75) is 97.8 Å². The summed E-state index contributed by atoms with van der Waals surface area (Å²) in [5.74, 6) is 0.480. The zero-order valence-corrected chi connectivity index (χ0v) is 25.8. The van der Waals surface area contributed by atoms with Gasteiger partial charge in [0.2, 0.25) is 0 Å². The van der Waals surface area contributed by atoms with Crippen molar-refractivity contribution in [3.8, 4) is 5.75 Å². The molecule has 2 atom stereocenters. The highest BCUT2D eigenvalue weighted by Gasteiger charge is 2.34. The number of aromatic hydroxyl groups is 1. The van der Waals surface area contributed by atoms with Crippen LogP contribution in [-0.4, -0.2) is 17.1 Å². The minimum Gasteiger partial charge on any atom is -0.507 e. The number of aryl methyl sites for hydroxylation is 1. The molecule has 0 saturated heterocycles. The van der Waals surface area contributed by atoms with Gasteiger partial charge in [-0.1, -0.05) is 125 Å². The Balaban J connectivity index is 2.05. The zero-order valence-electron chi connectivity index (χ0n) is 24.8. The topological polar surface area (TPSA) is 23.5 Å². The first-order valence-corrected chi connectivity index (χ1v) is 14.6. The highest BCUT2D eigenvalue weighted by atomic mass is 31.1. The van der Waals surface area contributed by atoms with Gasteiger partial charge in [-0.3, -0.25) is 4.90 Å². The fourth-order valence-corrected chi connectivity index (χ4v) is 6.62. The van der Waals surface area contributed by atoms with Crippen LogP contribution >= 0.6 is 8.58 Å². The van der Waals surface area contributed by atoms with E-state index < -0.39 is 0 Å². The van der Waals surface area contributed by atoms with Crippen molar-refractivity contribution in [2.24, 2.45) is 0 Å². The van der Waals surface area contributed by atoms with Crippen molar-refractivity contribution in [1.82, 2.24) is 4.90 Å². The lowest BCUT2D eigenvalue weighted by Gasteiger charge is -2.36. The van der Waals surface area contributed by atoms with Crippen molar-refractivity contribution in [3.63, 3.8) is 0 Å². The SMILES string of the molecule is CCC(C)(Pc1c(C)cccc1CN(C)Cc1ccccc1)c1cc(C(C)(C)C)cc(C(C)(C)C)c1O. The highest BCUT2D eigenvalue weighted by Crippen LogP contribution is 2.51. The van der Waals surface area contributed by atoms with Gasteiger partial charge < -0.3 is 5.11 Å². The van der Waals surface area contributed by atoms with Crippen LogP contribution in [0, 0.1) is 6.92 Å². The van der Waals surface area contributed by atoms with Gasteiger partial charge in [0.05, 0.1) is 0 Å². The molecule has 200 valence electrons. The molecule has 3 rings (SSSR count). The van der Waals surface area contributed by atoms with E-state index in [9.17, 15) is 5.11 Å². The smallest absolute Gasteiger partial charge is 0.123 e. The Morgan fingerprint density at radius 1 is 0.784 bits per heavy atom. The van der Waals surface area contributed by atoms with Crippen molar-refractivity contribution >= 4 is 13.9 Å². The quantitative estimate of drug-likeness (QED) is 0.303. The largest absolute Gasteiger partial charge is 0.507 e. The van der Waals surface area contributed by atoms with Crippen LogP contribution in [0.5, 0.6) is 5.75 Å². The molecule has 0 spiro atoms. The van der Waals surface area contributed by atoms with Crippen molar-refractivity contribution in [3.05, 3.63) is 94.0 Å². The highest BCUT2D eigenvalue weighted by molar-refractivity contribution is 7.48. The summed E-state index contributed by atoms with van der Waals surface area (Å²) in [5.41, 5.74) is 7.37. The summed E-state index contributed by atoms with van der Waals surface area (Å²) in [6, 6.07) is 21.9. The molecule has 0 aromatic heterocycles. The molecule has 0 aliphatic carbocycles. The number of hydrogen-bond donors (Lipinski definition) is 1. The normalized spacial score (nSPS) is 14.5. The maximum atomic E-state index is 11.7. The lowest BCUT2D eigenvalue weighted by Crippen LogP contribution is -2.26. The van der Waals surface area contributed by atoms with Crippen molar-refractivity contribution in [1.29, 1.82) is 0 Å². The Morgan fingerprint density at radius 2 is 1.41 bits per heavy atom. The van der Waals surface area contributed by atoms with Gasteiger partial charge in [-0.05, 0) is 64.3 Å². The Kier molecular flexibility index (Phi) is 8.98. The van der Waals surface area contributed by atoms with Crippen LogP contribution in [0.3, 0.4) is 0 Å². The molecule has 0 aliphatic heterocycles. The number of phenols is 1. The Labute approximate surface area is 228 Å². The first-order valence-electron chi connectivity index (χ1n) is 13.6. The predicted octanol–water partition coefficient (Wildman–Crippen LogP) is 8.56. The van der Waals surface area contributed by atoms with E-state index in [-0.39, 0.29) is 16.0 Å². The minimum atomic E-state index is -0.162. The first-order chi connectivity index (χ1) is 17.2. The molecule has 1 N–H and O–H groups in total. The fraction of sp³-hybridized carbons (Fsp3) is 0.471. The van der Waals surface area contributed by atoms with E-state index in [1.54, 1.807) is 0 Å². The van der Waals surface area contributed by atoms with E-state index >= 15 is 0 Å². The van der Waals surface area contributed by atoms with Gasteiger partial charge in [0, 0.05) is 23.8 Å². The Bertz CT molecular complexity index is 1200. The van der Waals surface area contributed by atoms with Gasteiger partial charge in [-0.15, -0.1) is 0 Å². The molecule has 2 unspecified atom stereocenters. The van der Waals surface area contributed by atoms with Gasteiger partial charge in [0.15, 0.2) is 0 Å². The number of benzene rings is 3. The summed E-state index contributed by atoms with van der Waals surface area (Å²) >= 11 is 0. The van der Waals surface area contributed by atoms with Crippen molar-refractivity contribution < 1.29 is 5.11 Å². The van der Waals surface area contributed by atoms with E-state index in [2.05, 4.69) is 135 Å². The van der Waals surface area contributed by atoms with Gasteiger partial charge >= 0.3 is 0 Å². The Hall–Kier alpha value is -2.15. The van der Waals surface area contributed by atoms with E-state index in [0.29, 0.717) is 14.3 Å². The third kappa shape index (κ3) is 7.04. The first kappa shape index (κ1) is 29.4. The summed E-state index contributed by atoms with van der Waals surface area (Å²) in [5, 5.41) is 13.0. The van der Waals surface area contributed by atoms with Crippen molar-refractivity contribution in [2.75, 3.05) is 7.05 Å². The van der Waals surface area contributed by atoms with E-state index in [4.69, 9.17) is 0 Å². The molecule has 3 aromatic carbocycles. The summed E-state index contributed by atoms with van der Waals surface area (Å²) < 4.78 is 0. The summed E-state index contributed by atoms with van der Waals surface area (Å²) in [4.78, 5) is 2.40. The molecule has 3 heteroatoms. The number of nitrogens with zero attached hydrogens (tertiary/aromatic N) is 1. The molecular formula is C34H48NOP. The Morgan fingerprint density at radius 3 is 1.97 bits per heavy atom. The second-order valence-corrected chi connectivity index (χ2v) is 14.9. The van der Waals surface area contributed by atoms with E-state index in [0.717, 1.165) is 30.6 Å². The molecule has 0 heterocycles. The fourth-order valence-electron chi connectivity index (χ4n) is 4.96. The lowest BCUT2D eigenvalue weighted by molar-refractivity contribution is 0.320. The van der Waals surface area contributed by atoms with Gasteiger partial charge in [0.1, 0.15) is 5.75 Å². The van der Waals surface area contributed by atoms with Crippen LogP contribution in [0.4, 0.5) is 0 Å². The van der Waals surface area contributed by atoms with Crippen LogP contribution in [0.15, 0.2) is 60.7 Å². The second kappa shape index (κ2) is 11.3. The third-order valence-corrected chi connectivity index (χ3v) is 9.72. The van der Waals surface area contributed by atoms with Gasteiger partial charge in [-0.25, -0.2) is 0 Å². The molecular weight excluding hydrogens is 469 g/mol. The standard InChI is InChI=1S/C34H48NOP/c1-11-34(9,29-21-27(32(3,4)5)20-28(30(29)36)33(6,7)8)37-31-24(2)16-15-19-26(31)23-35(10)22-25-17-13-12-14-18-25/h12-21,36-37H,11,22-23H2,1-10H3. The van der Waals surface area contributed by atoms with Crippen LogP contribution in [0.2, 0.25) is 0 Å². The maximum absolute atomic E-state index is 11.7. The molecule has 37 heavy (non-hydrogen) atoms. The third-order valence-electron chi connectivity index (χ3n) is 7.58. The number of phenolic OH excluding ortho intramolecular Hbond substituents is 1. The zero-order chi connectivity index (χ0) is 27.6. The molecule has 0 aliphatic rings. The lowest BCUT2D eigenvalue weighted by atomic mass is 9.77. The average Bonchev–Trinajstić information content (AvgIpc) is 2.80. The number of hydrogen-bond acceptors (Lipinski definition) is 2.